The van der Waals surface area contributed by atoms with Gasteiger partial charge in [-0.2, -0.15) is 5.10 Å². The first-order chi connectivity index (χ1) is 12.1. The number of piperazine rings is 1. The summed E-state index contributed by atoms with van der Waals surface area (Å²) >= 11 is 0. The molecule has 0 spiro atoms. The van der Waals surface area contributed by atoms with E-state index in [-0.39, 0.29) is 18.1 Å². The highest BCUT2D eigenvalue weighted by Gasteiger charge is 2.34. The maximum Gasteiger partial charge on any atom is 0.274 e. The zero-order chi connectivity index (χ0) is 17.4. The highest BCUT2D eigenvalue weighted by atomic mass is 16.3. The summed E-state index contributed by atoms with van der Waals surface area (Å²) in [4.78, 5) is 19.6. The quantitative estimate of drug-likeness (QED) is 0.794. The van der Waals surface area contributed by atoms with Crippen LogP contribution in [0, 0.1) is 0 Å². The Labute approximate surface area is 149 Å². The second-order valence-corrected chi connectivity index (χ2v) is 7.73. The van der Waals surface area contributed by atoms with E-state index in [0.717, 1.165) is 63.1 Å². The summed E-state index contributed by atoms with van der Waals surface area (Å²) in [6, 6.07) is 0.163. The van der Waals surface area contributed by atoms with Gasteiger partial charge in [-0.1, -0.05) is 0 Å². The van der Waals surface area contributed by atoms with Crippen LogP contribution in [0.15, 0.2) is 0 Å². The van der Waals surface area contributed by atoms with Crippen LogP contribution < -0.4 is 0 Å². The fourth-order valence-electron chi connectivity index (χ4n) is 4.50. The SMILES string of the molecule is CN1CCN([C@H]2CCN(C(=O)c3n[nH]c4c3CCC4)CC[C@@H]2O)CC1. The maximum atomic E-state index is 12.9. The number of aromatic nitrogens is 2. The normalized spacial score (nSPS) is 28.8. The predicted octanol–water partition coefficient (Wildman–Crippen LogP) is 0.111. The zero-order valence-corrected chi connectivity index (χ0v) is 15.1. The van der Waals surface area contributed by atoms with E-state index >= 15 is 0 Å². The molecule has 0 unspecified atom stereocenters. The molecular weight excluding hydrogens is 318 g/mol. The van der Waals surface area contributed by atoms with Gasteiger partial charge in [0.1, 0.15) is 0 Å². The van der Waals surface area contributed by atoms with Crippen LogP contribution in [0.2, 0.25) is 0 Å². The number of hydrogen-bond acceptors (Lipinski definition) is 5. The number of aliphatic hydroxyl groups excluding tert-OH is 1. The Bertz CT molecular complexity index is 623. The molecule has 1 aromatic rings. The van der Waals surface area contributed by atoms with E-state index in [0.29, 0.717) is 25.2 Å². The van der Waals surface area contributed by atoms with Crippen LogP contribution in [0.5, 0.6) is 0 Å². The van der Waals surface area contributed by atoms with Crippen LogP contribution in [0.4, 0.5) is 0 Å². The second-order valence-electron chi connectivity index (χ2n) is 7.73. The number of aromatic amines is 1. The molecule has 2 fully saturated rings. The number of likely N-dealkylation sites (N-methyl/N-ethyl adjacent to an activating group) is 1. The van der Waals surface area contributed by atoms with E-state index in [4.69, 9.17) is 0 Å². The predicted molar refractivity (Wildman–Crippen MR) is 94.6 cm³/mol. The Morgan fingerprint density at radius 3 is 2.68 bits per heavy atom. The lowest BCUT2D eigenvalue weighted by molar-refractivity contribution is 0.0224. The molecule has 2 aliphatic heterocycles. The fourth-order valence-corrected chi connectivity index (χ4v) is 4.50. The Morgan fingerprint density at radius 1 is 1.12 bits per heavy atom. The molecule has 0 bridgehead atoms. The molecule has 138 valence electrons. The van der Waals surface area contributed by atoms with Gasteiger partial charge in [0.25, 0.3) is 5.91 Å². The third kappa shape index (κ3) is 3.32. The number of hydrogen-bond donors (Lipinski definition) is 2. The standard InChI is InChI=1S/C18H29N5O2/c1-21-9-11-22(12-10-21)15-5-7-23(8-6-16(15)24)18(25)17-13-3-2-4-14(13)19-20-17/h15-16,24H,2-12H2,1H3,(H,19,20)/t15-,16-/m0/s1. The molecule has 1 aromatic heterocycles. The number of likely N-dealkylation sites (tertiary alicyclic amines) is 1. The molecule has 0 aromatic carbocycles. The van der Waals surface area contributed by atoms with Crippen molar-refractivity contribution < 1.29 is 9.90 Å². The Hall–Kier alpha value is -1.44. The van der Waals surface area contributed by atoms with Crippen LogP contribution in [0.3, 0.4) is 0 Å². The second kappa shape index (κ2) is 7.05. The zero-order valence-electron chi connectivity index (χ0n) is 15.1. The molecule has 25 heavy (non-hydrogen) atoms. The van der Waals surface area contributed by atoms with E-state index in [1.165, 1.54) is 0 Å². The first-order valence-electron chi connectivity index (χ1n) is 9.59. The summed E-state index contributed by atoms with van der Waals surface area (Å²) in [7, 11) is 2.14. The van der Waals surface area contributed by atoms with Gasteiger partial charge in [-0.15, -0.1) is 0 Å². The lowest BCUT2D eigenvalue weighted by atomic mass is 10.0. The van der Waals surface area contributed by atoms with Gasteiger partial charge in [0, 0.05) is 56.6 Å². The molecule has 0 radical (unpaired) electrons. The van der Waals surface area contributed by atoms with E-state index in [9.17, 15) is 9.90 Å². The number of fused-ring (bicyclic) bond motifs is 1. The summed E-state index contributed by atoms with van der Waals surface area (Å²) in [5.74, 6) is 0.0330. The number of aliphatic hydroxyl groups is 1. The van der Waals surface area contributed by atoms with Crippen LogP contribution >= 0.6 is 0 Å². The number of carbonyl (C=O) groups is 1. The largest absolute Gasteiger partial charge is 0.391 e. The molecule has 7 heteroatoms. The fraction of sp³-hybridized carbons (Fsp3) is 0.778. The highest BCUT2D eigenvalue weighted by Crippen LogP contribution is 2.25. The Morgan fingerprint density at radius 2 is 1.88 bits per heavy atom. The Kier molecular flexibility index (Phi) is 4.80. The number of nitrogens with one attached hydrogen (secondary N) is 1. The molecule has 3 heterocycles. The summed E-state index contributed by atoms with van der Waals surface area (Å²) in [5.41, 5.74) is 2.86. The first kappa shape index (κ1) is 17.0. The van der Waals surface area contributed by atoms with Gasteiger partial charge >= 0.3 is 0 Å². The van der Waals surface area contributed by atoms with Crippen molar-refractivity contribution in [1.82, 2.24) is 24.9 Å². The number of amides is 1. The van der Waals surface area contributed by atoms with Crippen LogP contribution in [0.25, 0.3) is 0 Å². The van der Waals surface area contributed by atoms with Crippen molar-refractivity contribution in [2.24, 2.45) is 0 Å². The van der Waals surface area contributed by atoms with Crippen molar-refractivity contribution in [3.05, 3.63) is 17.0 Å². The van der Waals surface area contributed by atoms with Crippen molar-refractivity contribution in [1.29, 1.82) is 0 Å². The minimum atomic E-state index is -0.355. The third-order valence-electron chi connectivity index (χ3n) is 6.14. The lowest BCUT2D eigenvalue weighted by Gasteiger charge is -2.39. The summed E-state index contributed by atoms with van der Waals surface area (Å²) < 4.78 is 0. The molecule has 2 N–H and O–H groups in total. The summed E-state index contributed by atoms with van der Waals surface area (Å²) in [5, 5.41) is 18.0. The topological polar surface area (TPSA) is 75.7 Å². The molecular formula is C18H29N5O2. The third-order valence-corrected chi connectivity index (χ3v) is 6.14. The summed E-state index contributed by atoms with van der Waals surface area (Å²) in [6.07, 6.45) is 4.19. The van der Waals surface area contributed by atoms with Crippen LogP contribution in [0.1, 0.15) is 41.0 Å². The van der Waals surface area contributed by atoms with Crippen molar-refractivity contribution in [2.45, 2.75) is 44.2 Å². The lowest BCUT2D eigenvalue weighted by Crippen LogP contribution is -2.52. The van der Waals surface area contributed by atoms with Crippen molar-refractivity contribution >= 4 is 5.91 Å². The minimum absolute atomic E-state index is 0.0330. The monoisotopic (exact) mass is 347 g/mol. The minimum Gasteiger partial charge on any atom is -0.391 e. The van der Waals surface area contributed by atoms with Crippen molar-refractivity contribution in [3.8, 4) is 0 Å². The molecule has 0 saturated carbocycles. The molecule has 2 saturated heterocycles. The van der Waals surface area contributed by atoms with Gasteiger partial charge in [0.15, 0.2) is 5.69 Å². The van der Waals surface area contributed by atoms with Gasteiger partial charge in [-0.25, -0.2) is 0 Å². The number of aryl methyl sites for hydroxylation is 1. The van der Waals surface area contributed by atoms with Gasteiger partial charge in [0.2, 0.25) is 0 Å². The van der Waals surface area contributed by atoms with Crippen molar-refractivity contribution in [2.75, 3.05) is 46.3 Å². The average molecular weight is 347 g/mol. The molecule has 7 nitrogen and oxygen atoms in total. The number of nitrogens with zero attached hydrogens (tertiary/aromatic N) is 4. The van der Waals surface area contributed by atoms with E-state index in [1.54, 1.807) is 0 Å². The van der Waals surface area contributed by atoms with Gasteiger partial charge in [-0.05, 0) is 39.2 Å². The molecule has 3 aliphatic rings. The van der Waals surface area contributed by atoms with Gasteiger partial charge in [-0.3, -0.25) is 14.8 Å². The molecule has 1 aliphatic carbocycles. The van der Waals surface area contributed by atoms with Crippen LogP contribution in [-0.4, -0.2) is 94.4 Å². The number of rotatable bonds is 2. The summed E-state index contributed by atoms with van der Waals surface area (Å²) in [6.45, 7) is 5.41. The molecule has 2 atom stereocenters. The van der Waals surface area contributed by atoms with Crippen LogP contribution in [-0.2, 0) is 12.8 Å². The molecule has 4 rings (SSSR count). The van der Waals surface area contributed by atoms with E-state index in [1.807, 2.05) is 4.90 Å². The smallest absolute Gasteiger partial charge is 0.274 e. The number of carbonyl (C=O) groups excluding carboxylic acids is 1. The average Bonchev–Trinajstić information content (AvgIpc) is 3.17. The van der Waals surface area contributed by atoms with Gasteiger partial charge in [0.05, 0.1) is 6.10 Å². The van der Waals surface area contributed by atoms with Crippen molar-refractivity contribution in [3.63, 3.8) is 0 Å². The number of H-pyrrole nitrogens is 1. The Balaban J connectivity index is 1.42. The van der Waals surface area contributed by atoms with E-state index < -0.39 is 0 Å². The first-order valence-corrected chi connectivity index (χ1v) is 9.59. The molecule has 1 amide bonds. The van der Waals surface area contributed by atoms with E-state index in [2.05, 4.69) is 27.0 Å². The van der Waals surface area contributed by atoms with Gasteiger partial charge < -0.3 is 14.9 Å². The highest BCUT2D eigenvalue weighted by molar-refractivity contribution is 5.94. The maximum absolute atomic E-state index is 12.9.